The van der Waals surface area contributed by atoms with Crippen LogP contribution in [-0.4, -0.2) is 90.0 Å². The molecule has 1 amide bonds. The highest BCUT2D eigenvalue weighted by molar-refractivity contribution is 5.84. The maximum atomic E-state index is 13.4. The second-order valence-corrected chi connectivity index (χ2v) is 8.72. The fourth-order valence-electron chi connectivity index (χ4n) is 4.75. The number of nitrogens with one attached hydrogen (secondary N) is 2. The summed E-state index contributed by atoms with van der Waals surface area (Å²) in [7, 11) is 0. The Morgan fingerprint density at radius 1 is 1.16 bits per heavy atom. The van der Waals surface area contributed by atoms with E-state index in [0.29, 0.717) is 6.54 Å². The van der Waals surface area contributed by atoms with Crippen molar-refractivity contribution in [1.82, 2.24) is 25.0 Å². The smallest absolute Gasteiger partial charge is 0.239 e. The normalized spacial score (nSPS) is 19.0. The SMILES string of the molecule is CCNC(=NCCc1c[nH]c2cc(F)ccc12)N1CCN(C(C)C(=O)N2CCCC2)CC1. The van der Waals surface area contributed by atoms with Gasteiger partial charge < -0.3 is 20.1 Å². The molecule has 1 aromatic carbocycles. The minimum absolute atomic E-state index is 0.0542. The van der Waals surface area contributed by atoms with E-state index in [2.05, 4.69) is 27.0 Å². The predicted octanol–water partition coefficient (Wildman–Crippen LogP) is 2.44. The summed E-state index contributed by atoms with van der Waals surface area (Å²) in [5.74, 6) is 0.973. The Morgan fingerprint density at radius 2 is 1.91 bits per heavy atom. The van der Waals surface area contributed by atoms with Gasteiger partial charge in [-0.05, 0) is 56.9 Å². The molecule has 7 nitrogen and oxygen atoms in total. The van der Waals surface area contributed by atoms with Gasteiger partial charge in [0.05, 0.1) is 6.04 Å². The molecule has 1 aromatic heterocycles. The van der Waals surface area contributed by atoms with Gasteiger partial charge in [0.1, 0.15) is 5.82 Å². The standard InChI is InChI=1S/C24H35FN6O/c1-3-26-24(27-9-8-19-17-28-22-16-20(25)6-7-21(19)22)31-14-12-29(13-15-31)18(2)23(32)30-10-4-5-11-30/h6-7,16-18,28H,3-5,8-15H2,1-2H3,(H,26,27). The molecule has 1 unspecified atom stereocenters. The number of piperazine rings is 1. The third-order valence-electron chi connectivity index (χ3n) is 6.64. The average Bonchev–Trinajstić information content (AvgIpc) is 3.48. The number of nitrogens with zero attached hydrogens (tertiary/aromatic N) is 4. The monoisotopic (exact) mass is 442 g/mol. The van der Waals surface area contributed by atoms with Crippen molar-refractivity contribution in [3.8, 4) is 0 Å². The Bertz CT molecular complexity index is 943. The highest BCUT2D eigenvalue weighted by Gasteiger charge is 2.30. The Kier molecular flexibility index (Phi) is 7.29. The van der Waals surface area contributed by atoms with E-state index in [1.165, 1.54) is 12.1 Å². The number of benzene rings is 1. The molecule has 174 valence electrons. The lowest BCUT2D eigenvalue weighted by molar-refractivity contribution is -0.135. The molecule has 0 radical (unpaired) electrons. The van der Waals surface area contributed by atoms with Crippen LogP contribution >= 0.6 is 0 Å². The van der Waals surface area contributed by atoms with E-state index in [1.54, 1.807) is 0 Å². The minimum Gasteiger partial charge on any atom is -0.361 e. The maximum Gasteiger partial charge on any atom is 0.239 e. The molecule has 2 N–H and O–H groups in total. The lowest BCUT2D eigenvalue weighted by atomic mass is 10.1. The highest BCUT2D eigenvalue weighted by Crippen LogP contribution is 2.20. The van der Waals surface area contributed by atoms with Gasteiger partial charge in [-0.1, -0.05) is 0 Å². The number of carbonyl (C=O) groups is 1. The molecule has 1 atom stereocenters. The first-order chi connectivity index (χ1) is 15.6. The Morgan fingerprint density at radius 3 is 2.62 bits per heavy atom. The fourth-order valence-corrected chi connectivity index (χ4v) is 4.75. The van der Waals surface area contributed by atoms with Crippen LogP contribution in [0.3, 0.4) is 0 Å². The molecule has 2 aromatic rings. The van der Waals surface area contributed by atoms with E-state index in [0.717, 1.165) is 87.5 Å². The molecule has 0 bridgehead atoms. The van der Waals surface area contributed by atoms with E-state index >= 15 is 0 Å². The summed E-state index contributed by atoms with van der Waals surface area (Å²) in [5.41, 5.74) is 1.98. The number of amides is 1. The fraction of sp³-hybridized carbons (Fsp3) is 0.583. The molecular weight excluding hydrogens is 407 g/mol. The number of likely N-dealkylation sites (tertiary alicyclic amines) is 1. The van der Waals surface area contributed by atoms with Crippen molar-refractivity contribution in [3.05, 3.63) is 35.8 Å². The quantitative estimate of drug-likeness (QED) is 0.533. The molecule has 2 aliphatic rings. The van der Waals surface area contributed by atoms with Crippen LogP contribution in [0.4, 0.5) is 4.39 Å². The van der Waals surface area contributed by atoms with Crippen LogP contribution in [0.15, 0.2) is 29.4 Å². The number of rotatable bonds is 6. The zero-order valence-electron chi connectivity index (χ0n) is 19.2. The molecule has 0 saturated carbocycles. The molecule has 3 heterocycles. The second-order valence-electron chi connectivity index (χ2n) is 8.72. The van der Waals surface area contributed by atoms with Crippen molar-refractivity contribution < 1.29 is 9.18 Å². The lowest BCUT2D eigenvalue weighted by Crippen LogP contribution is -2.57. The van der Waals surface area contributed by atoms with Crippen LogP contribution in [-0.2, 0) is 11.2 Å². The summed E-state index contributed by atoms with van der Waals surface area (Å²) in [4.78, 5) is 27.3. The van der Waals surface area contributed by atoms with Gasteiger partial charge in [0, 0.05) is 69.5 Å². The number of H-pyrrole nitrogens is 1. The lowest BCUT2D eigenvalue weighted by Gasteiger charge is -2.39. The Labute approximate surface area is 189 Å². The molecular formula is C24H35FN6O. The number of guanidine groups is 1. The third kappa shape index (κ3) is 5.06. The van der Waals surface area contributed by atoms with Crippen LogP contribution in [0.25, 0.3) is 10.9 Å². The van der Waals surface area contributed by atoms with Gasteiger partial charge in [-0.3, -0.25) is 14.7 Å². The Balaban J connectivity index is 1.32. The number of aromatic amines is 1. The first-order valence-electron chi connectivity index (χ1n) is 11.9. The number of fused-ring (bicyclic) bond motifs is 1. The van der Waals surface area contributed by atoms with Crippen molar-refractivity contribution in [2.45, 2.75) is 39.2 Å². The average molecular weight is 443 g/mol. The summed E-state index contributed by atoms with van der Waals surface area (Å²) in [5, 5.41) is 4.47. The van der Waals surface area contributed by atoms with E-state index in [-0.39, 0.29) is 17.8 Å². The number of aliphatic imine (C=N–C) groups is 1. The van der Waals surface area contributed by atoms with Crippen LogP contribution in [0.5, 0.6) is 0 Å². The number of hydrogen-bond donors (Lipinski definition) is 2. The molecule has 2 fully saturated rings. The highest BCUT2D eigenvalue weighted by atomic mass is 19.1. The van der Waals surface area contributed by atoms with Crippen molar-refractivity contribution in [3.63, 3.8) is 0 Å². The van der Waals surface area contributed by atoms with Gasteiger partial charge >= 0.3 is 0 Å². The predicted molar refractivity (Wildman–Crippen MR) is 126 cm³/mol. The van der Waals surface area contributed by atoms with Gasteiger partial charge in [0.2, 0.25) is 5.91 Å². The van der Waals surface area contributed by atoms with E-state index in [1.807, 2.05) is 24.1 Å². The molecule has 8 heteroatoms. The largest absolute Gasteiger partial charge is 0.361 e. The van der Waals surface area contributed by atoms with Crippen molar-refractivity contribution in [2.24, 2.45) is 4.99 Å². The summed E-state index contributed by atoms with van der Waals surface area (Å²) in [6.07, 6.45) is 5.00. The van der Waals surface area contributed by atoms with Crippen LogP contribution in [0, 0.1) is 5.82 Å². The summed E-state index contributed by atoms with van der Waals surface area (Å²) < 4.78 is 13.4. The van der Waals surface area contributed by atoms with E-state index < -0.39 is 0 Å². The topological polar surface area (TPSA) is 67.0 Å². The van der Waals surface area contributed by atoms with Gasteiger partial charge in [-0.15, -0.1) is 0 Å². The first kappa shape index (κ1) is 22.6. The van der Waals surface area contributed by atoms with Gasteiger partial charge in [0.15, 0.2) is 5.96 Å². The molecule has 4 rings (SSSR count). The molecule has 0 aliphatic carbocycles. The summed E-state index contributed by atoms with van der Waals surface area (Å²) in [6.45, 7) is 10.9. The van der Waals surface area contributed by atoms with Crippen molar-refractivity contribution in [1.29, 1.82) is 0 Å². The second kappa shape index (κ2) is 10.3. The van der Waals surface area contributed by atoms with Gasteiger partial charge in [-0.2, -0.15) is 0 Å². The zero-order chi connectivity index (χ0) is 22.5. The molecule has 0 spiro atoms. The van der Waals surface area contributed by atoms with E-state index in [9.17, 15) is 9.18 Å². The van der Waals surface area contributed by atoms with Gasteiger partial charge in [-0.25, -0.2) is 4.39 Å². The number of carbonyl (C=O) groups excluding carboxylic acids is 1. The van der Waals surface area contributed by atoms with Crippen LogP contribution < -0.4 is 5.32 Å². The maximum absolute atomic E-state index is 13.4. The van der Waals surface area contributed by atoms with Crippen molar-refractivity contribution >= 4 is 22.8 Å². The van der Waals surface area contributed by atoms with Gasteiger partial charge in [0.25, 0.3) is 0 Å². The Hall–Kier alpha value is -2.61. The molecule has 32 heavy (non-hydrogen) atoms. The molecule has 2 aliphatic heterocycles. The zero-order valence-corrected chi connectivity index (χ0v) is 19.2. The minimum atomic E-state index is -0.228. The van der Waals surface area contributed by atoms with E-state index in [4.69, 9.17) is 4.99 Å². The first-order valence-corrected chi connectivity index (χ1v) is 11.9. The molecule has 2 saturated heterocycles. The van der Waals surface area contributed by atoms with Crippen molar-refractivity contribution in [2.75, 3.05) is 52.4 Å². The number of hydrogen-bond acceptors (Lipinski definition) is 3. The number of aromatic nitrogens is 1. The van der Waals surface area contributed by atoms with Crippen LogP contribution in [0.1, 0.15) is 32.3 Å². The number of halogens is 1. The van der Waals surface area contributed by atoms with Crippen LogP contribution in [0.2, 0.25) is 0 Å². The third-order valence-corrected chi connectivity index (χ3v) is 6.64. The summed E-state index contributed by atoms with van der Waals surface area (Å²) >= 11 is 0. The summed E-state index contributed by atoms with van der Waals surface area (Å²) in [6, 6.07) is 4.81.